The van der Waals surface area contributed by atoms with Gasteiger partial charge < -0.3 is 9.47 Å². The Morgan fingerprint density at radius 3 is 2.86 bits per heavy atom. The van der Waals surface area contributed by atoms with Crippen molar-refractivity contribution in [3.05, 3.63) is 22.8 Å². The summed E-state index contributed by atoms with van der Waals surface area (Å²) in [4.78, 5) is 12.1. The van der Waals surface area contributed by atoms with Crippen molar-refractivity contribution in [2.24, 2.45) is 0 Å². The van der Waals surface area contributed by atoms with Crippen LogP contribution in [0.5, 0.6) is 5.75 Å². The molecule has 4 nitrogen and oxygen atoms in total. The minimum absolute atomic E-state index is 0.380. The molecule has 0 fully saturated rings. The lowest BCUT2D eigenvalue weighted by Crippen LogP contribution is -2.27. The fourth-order valence-electron chi connectivity index (χ4n) is 3.10. The van der Waals surface area contributed by atoms with Crippen LogP contribution in [0.2, 0.25) is 0 Å². The summed E-state index contributed by atoms with van der Waals surface area (Å²) >= 11 is 0. The molecule has 1 aromatic rings. The third-order valence-corrected chi connectivity index (χ3v) is 4.02. The first-order valence-corrected chi connectivity index (χ1v) is 7.66. The van der Waals surface area contributed by atoms with Gasteiger partial charge in [0.05, 0.1) is 12.3 Å². The van der Waals surface area contributed by atoms with E-state index in [1.54, 1.807) is 0 Å². The topological polar surface area (TPSA) is 47.6 Å². The number of hydrogen-bond acceptors (Lipinski definition) is 3. The first kappa shape index (κ1) is 14.2. The van der Waals surface area contributed by atoms with Crippen molar-refractivity contribution in [3.63, 3.8) is 0 Å². The fraction of sp³-hybridized carbons (Fsp3) is 0.588. The van der Waals surface area contributed by atoms with E-state index in [-0.39, 0.29) is 0 Å². The van der Waals surface area contributed by atoms with E-state index in [2.05, 4.69) is 18.3 Å². The summed E-state index contributed by atoms with van der Waals surface area (Å²) < 4.78 is 11.2. The second kappa shape index (κ2) is 4.93. The molecule has 0 bridgehead atoms. The van der Waals surface area contributed by atoms with Crippen molar-refractivity contribution in [1.82, 2.24) is 0 Å². The van der Waals surface area contributed by atoms with Gasteiger partial charge in [-0.15, -0.1) is 0 Å². The maximum absolute atomic E-state index is 12.1. The highest BCUT2D eigenvalue weighted by Crippen LogP contribution is 2.45. The maximum Gasteiger partial charge on any atom is 0.412 e. The first-order valence-electron chi connectivity index (χ1n) is 7.66. The van der Waals surface area contributed by atoms with Gasteiger partial charge >= 0.3 is 6.09 Å². The van der Waals surface area contributed by atoms with Crippen LogP contribution in [-0.2, 0) is 17.6 Å². The van der Waals surface area contributed by atoms with Gasteiger partial charge in [0.2, 0.25) is 0 Å². The predicted octanol–water partition coefficient (Wildman–Crippen LogP) is 4.02. The summed E-state index contributed by atoms with van der Waals surface area (Å²) in [6.45, 7) is 8.44. The smallest absolute Gasteiger partial charge is 0.412 e. The summed E-state index contributed by atoms with van der Waals surface area (Å²) in [6, 6.07) is 2.26. The number of aryl methyl sites for hydroxylation is 1. The highest BCUT2D eigenvalue weighted by molar-refractivity contribution is 5.90. The summed E-state index contributed by atoms with van der Waals surface area (Å²) in [5, 5.41) is 2.93. The minimum Gasteiger partial charge on any atom is -0.490 e. The van der Waals surface area contributed by atoms with Crippen molar-refractivity contribution >= 4 is 11.8 Å². The molecule has 1 amide bonds. The third kappa shape index (κ3) is 2.71. The van der Waals surface area contributed by atoms with Gasteiger partial charge in [-0.3, -0.25) is 5.32 Å². The van der Waals surface area contributed by atoms with Crippen LogP contribution in [0.25, 0.3) is 0 Å². The molecule has 0 saturated carbocycles. The Bertz CT molecular complexity index is 587. The van der Waals surface area contributed by atoms with E-state index in [1.165, 1.54) is 16.7 Å². The van der Waals surface area contributed by atoms with Gasteiger partial charge in [-0.05, 0) is 51.2 Å². The SMILES string of the molecule is CC1COc2c1cc1c(c2NC(=O)OC(C)(C)C)CCC1. The van der Waals surface area contributed by atoms with Crippen LogP contribution in [0, 0.1) is 0 Å². The second-order valence-electron chi connectivity index (χ2n) is 7.00. The Morgan fingerprint density at radius 2 is 2.14 bits per heavy atom. The lowest BCUT2D eigenvalue weighted by atomic mass is 9.97. The number of carbonyl (C=O) groups excluding carboxylic acids is 1. The van der Waals surface area contributed by atoms with Crippen LogP contribution in [0.1, 0.15) is 56.7 Å². The second-order valence-corrected chi connectivity index (χ2v) is 7.00. The van der Waals surface area contributed by atoms with E-state index in [0.717, 1.165) is 30.7 Å². The van der Waals surface area contributed by atoms with Crippen molar-refractivity contribution in [1.29, 1.82) is 0 Å². The van der Waals surface area contributed by atoms with Gasteiger partial charge in [0.15, 0.2) is 0 Å². The summed E-state index contributed by atoms with van der Waals surface area (Å²) in [5.74, 6) is 1.22. The molecule has 1 aliphatic heterocycles. The van der Waals surface area contributed by atoms with Crippen molar-refractivity contribution < 1.29 is 14.3 Å². The monoisotopic (exact) mass is 289 g/mol. The normalized spacial score (nSPS) is 19.7. The zero-order chi connectivity index (χ0) is 15.2. The Hall–Kier alpha value is -1.71. The molecule has 1 heterocycles. The number of hydrogen-bond donors (Lipinski definition) is 1. The molecule has 1 atom stereocenters. The van der Waals surface area contributed by atoms with Crippen LogP contribution in [0.3, 0.4) is 0 Å². The number of ether oxygens (including phenoxy) is 2. The zero-order valence-corrected chi connectivity index (χ0v) is 13.2. The lowest BCUT2D eigenvalue weighted by Gasteiger charge is -2.21. The molecule has 1 N–H and O–H groups in total. The number of rotatable bonds is 1. The van der Waals surface area contributed by atoms with Gasteiger partial charge in [0.1, 0.15) is 11.4 Å². The number of anilines is 1. The zero-order valence-electron chi connectivity index (χ0n) is 13.2. The predicted molar refractivity (Wildman–Crippen MR) is 82.2 cm³/mol. The molecule has 3 rings (SSSR count). The number of fused-ring (bicyclic) bond motifs is 2. The van der Waals surface area contributed by atoms with Crippen LogP contribution in [0.15, 0.2) is 6.07 Å². The molecule has 0 saturated heterocycles. The average Bonchev–Trinajstić information content (AvgIpc) is 2.94. The standard InChI is InChI=1S/C17H23NO3/c1-10-9-20-15-13(10)8-11-6-5-7-12(11)14(15)18-16(19)21-17(2,3)4/h8,10H,5-7,9H2,1-4H3,(H,18,19). The average molecular weight is 289 g/mol. The van der Waals surface area contributed by atoms with Crippen LogP contribution >= 0.6 is 0 Å². The number of benzene rings is 1. The number of nitrogens with one attached hydrogen (secondary N) is 1. The van der Waals surface area contributed by atoms with E-state index < -0.39 is 11.7 Å². The summed E-state index contributed by atoms with van der Waals surface area (Å²) in [7, 11) is 0. The lowest BCUT2D eigenvalue weighted by molar-refractivity contribution is 0.0635. The molecule has 1 aliphatic carbocycles. The largest absolute Gasteiger partial charge is 0.490 e. The van der Waals surface area contributed by atoms with Crippen LogP contribution in [0.4, 0.5) is 10.5 Å². The maximum atomic E-state index is 12.1. The van der Waals surface area contributed by atoms with Crippen molar-refractivity contribution in [3.8, 4) is 5.75 Å². The Kier molecular flexibility index (Phi) is 3.34. The molecule has 0 radical (unpaired) electrons. The van der Waals surface area contributed by atoms with Gasteiger partial charge in [-0.25, -0.2) is 4.79 Å². The highest BCUT2D eigenvalue weighted by Gasteiger charge is 2.30. The molecule has 0 spiro atoms. The minimum atomic E-state index is -0.501. The molecule has 0 aromatic heterocycles. The van der Waals surface area contributed by atoms with Crippen molar-refractivity contribution in [2.75, 3.05) is 11.9 Å². The molecule has 4 heteroatoms. The Morgan fingerprint density at radius 1 is 1.38 bits per heavy atom. The molecule has 21 heavy (non-hydrogen) atoms. The van der Waals surface area contributed by atoms with Gasteiger partial charge in [0.25, 0.3) is 0 Å². The first-order chi connectivity index (χ1) is 9.85. The van der Waals surface area contributed by atoms with Crippen molar-refractivity contribution in [2.45, 2.75) is 58.5 Å². The Labute approximate surface area is 125 Å². The molecular weight excluding hydrogens is 266 g/mol. The quantitative estimate of drug-likeness (QED) is 0.849. The number of amides is 1. The van der Waals surface area contributed by atoms with E-state index in [1.807, 2.05) is 20.8 Å². The summed E-state index contributed by atoms with van der Waals surface area (Å²) in [6.07, 6.45) is 2.80. The van der Waals surface area contributed by atoms with Crippen LogP contribution in [-0.4, -0.2) is 18.3 Å². The van der Waals surface area contributed by atoms with Gasteiger partial charge in [-0.1, -0.05) is 13.0 Å². The van der Waals surface area contributed by atoms with E-state index >= 15 is 0 Å². The van der Waals surface area contributed by atoms with E-state index in [4.69, 9.17) is 9.47 Å². The molecular formula is C17H23NO3. The summed E-state index contributed by atoms with van der Waals surface area (Å²) in [5.41, 5.74) is 4.10. The highest BCUT2D eigenvalue weighted by atomic mass is 16.6. The third-order valence-electron chi connectivity index (χ3n) is 4.02. The number of carbonyl (C=O) groups is 1. The van der Waals surface area contributed by atoms with Gasteiger partial charge in [0, 0.05) is 11.5 Å². The molecule has 2 aliphatic rings. The van der Waals surface area contributed by atoms with Crippen LogP contribution < -0.4 is 10.1 Å². The Balaban J connectivity index is 1.95. The van der Waals surface area contributed by atoms with Gasteiger partial charge in [-0.2, -0.15) is 0 Å². The molecule has 1 aromatic carbocycles. The van der Waals surface area contributed by atoms with E-state index in [9.17, 15) is 4.79 Å². The van der Waals surface area contributed by atoms with E-state index in [0.29, 0.717) is 12.5 Å². The fourth-order valence-corrected chi connectivity index (χ4v) is 3.10. The molecule has 114 valence electrons. The molecule has 1 unspecified atom stereocenters.